The van der Waals surface area contributed by atoms with Gasteiger partial charge in [-0.1, -0.05) is 6.92 Å². The fourth-order valence-electron chi connectivity index (χ4n) is 2.51. The molecule has 1 rings (SSSR count). The third-order valence-corrected chi connectivity index (χ3v) is 3.28. The van der Waals surface area contributed by atoms with E-state index in [1.165, 1.54) is 13.0 Å². The van der Waals surface area contributed by atoms with Crippen LogP contribution in [-0.4, -0.2) is 47.9 Å². The lowest BCUT2D eigenvalue weighted by atomic mass is 10.0. The molecule has 0 N–H and O–H groups in total. The van der Waals surface area contributed by atoms with Gasteiger partial charge in [-0.3, -0.25) is 4.79 Å². The number of hydrogen-bond donors (Lipinski definition) is 0. The fraction of sp³-hybridized carbons (Fsp3) is 0.917. The smallest absolute Gasteiger partial charge is 0.219 e. The molecule has 0 atom stereocenters. The van der Waals surface area contributed by atoms with E-state index in [-0.39, 0.29) is 5.91 Å². The van der Waals surface area contributed by atoms with Crippen molar-refractivity contribution < 1.29 is 4.79 Å². The molecule has 1 saturated heterocycles. The van der Waals surface area contributed by atoms with Crippen LogP contribution in [0.15, 0.2) is 0 Å². The molecule has 1 fully saturated rings. The summed E-state index contributed by atoms with van der Waals surface area (Å²) in [5, 5.41) is 0. The largest absolute Gasteiger partial charge is 0.340 e. The van der Waals surface area contributed by atoms with Gasteiger partial charge in [-0.25, -0.2) is 0 Å². The molecular weight excluding hydrogens is 188 g/mol. The number of nitrogens with zero attached hydrogens (tertiary/aromatic N) is 2. The Labute approximate surface area is 93.4 Å². The van der Waals surface area contributed by atoms with Crippen LogP contribution in [0.1, 0.15) is 40.0 Å². The average Bonchev–Trinajstić information content (AvgIpc) is 2.21. The maximum absolute atomic E-state index is 11.4. The maximum Gasteiger partial charge on any atom is 0.219 e. The van der Waals surface area contributed by atoms with Gasteiger partial charge in [0.05, 0.1) is 0 Å². The summed E-state index contributed by atoms with van der Waals surface area (Å²) in [5.41, 5.74) is 0. The highest BCUT2D eigenvalue weighted by Crippen LogP contribution is 2.16. The zero-order chi connectivity index (χ0) is 11.3. The first kappa shape index (κ1) is 12.5. The fourth-order valence-corrected chi connectivity index (χ4v) is 2.51. The van der Waals surface area contributed by atoms with Crippen LogP contribution < -0.4 is 0 Å². The number of rotatable bonds is 4. The lowest BCUT2D eigenvalue weighted by Crippen LogP contribution is -2.46. The molecule has 0 aliphatic carbocycles. The van der Waals surface area contributed by atoms with Crippen molar-refractivity contribution in [2.75, 3.05) is 26.2 Å². The number of piperidine rings is 1. The van der Waals surface area contributed by atoms with Gasteiger partial charge in [0.25, 0.3) is 0 Å². The van der Waals surface area contributed by atoms with Crippen molar-refractivity contribution in [1.82, 2.24) is 9.80 Å². The normalized spacial score (nSPS) is 19.1. The van der Waals surface area contributed by atoms with Gasteiger partial charge in [-0.2, -0.15) is 0 Å². The highest BCUT2D eigenvalue weighted by Gasteiger charge is 2.24. The van der Waals surface area contributed by atoms with E-state index >= 15 is 0 Å². The Balaban J connectivity index is 2.38. The van der Waals surface area contributed by atoms with Gasteiger partial charge in [0.2, 0.25) is 5.91 Å². The van der Waals surface area contributed by atoms with Crippen molar-refractivity contribution >= 4 is 5.91 Å². The molecule has 1 heterocycles. The Morgan fingerprint density at radius 2 is 1.93 bits per heavy atom. The highest BCUT2D eigenvalue weighted by molar-refractivity contribution is 5.73. The lowest BCUT2D eigenvalue weighted by Gasteiger charge is -2.37. The molecule has 0 spiro atoms. The molecule has 1 aliphatic rings. The molecular formula is C12H24N2O. The number of hydrogen-bond acceptors (Lipinski definition) is 2. The molecule has 1 amide bonds. The first-order valence-electron chi connectivity index (χ1n) is 6.18. The van der Waals surface area contributed by atoms with Crippen LogP contribution >= 0.6 is 0 Å². The SMILES string of the molecule is CCCN1CCC(N(CC)C(C)=O)CC1. The Kier molecular flexibility index (Phi) is 5.09. The Hall–Kier alpha value is -0.570. The minimum absolute atomic E-state index is 0.228. The third-order valence-electron chi connectivity index (χ3n) is 3.28. The van der Waals surface area contributed by atoms with E-state index in [2.05, 4.69) is 18.7 Å². The molecule has 0 unspecified atom stereocenters. The molecule has 0 aromatic rings. The van der Waals surface area contributed by atoms with Gasteiger partial charge in [0, 0.05) is 32.6 Å². The lowest BCUT2D eigenvalue weighted by molar-refractivity contribution is -0.131. The van der Waals surface area contributed by atoms with E-state index in [9.17, 15) is 4.79 Å². The monoisotopic (exact) mass is 212 g/mol. The Bertz CT molecular complexity index is 198. The van der Waals surface area contributed by atoms with E-state index < -0.39 is 0 Å². The topological polar surface area (TPSA) is 23.6 Å². The molecule has 3 heteroatoms. The summed E-state index contributed by atoms with van der Waals surface area (Å²) < 4.78 is 0. The van der Waals surface area contributed by atoms with Gasteiger partial charge in [0.1, 0.15) is 0 Å². The van der Waals surface area contributed by atoms with Crippen molar-refractivity contribution in [3.63, 3.8) is 0 Å². The molecule has 0 aromatic heterocycles. The van der Waals surface area contributed by atoms with Gasteiger partial charge in [0.15, 0.2) is 0 Å². The molecule has 3 nitrogen and oxygen atoms in total. The third kappa shape index (κ3) is 3.49. The van der Waals surface area contributed by atoms with E-state index in [1.54, 1.807) is 6.92 Å². The summed E-state index contributed by atoms with van der Waals surface area (Å²) in [6, 6.07) is 0.487. The minimum Gasteiger partial charge on any atom is -0.340 e. The second-order valence-corrected chi connectivity index (χ2v) is 4.38. The van der Waals surface area contributed by atoms with E-state index in [4.69, 9.17) is 0 Å². The molecule has 0 radical (unpaired) electrons. The zero-order valence-corrected chi connectivity index (χ0v) is 10.3. The maximum atomic E-state index is 11.4. The van der Waals surface area contributed by atoms with Crippen molar-refractivity contribution in [2.24, 2.45) is 0 Å². The molecule has 0 aromatic carbocycles. The summed E-state index contributed by atoms with van der Waals surface area (Å²) in [5.74, 6) is 0.228. The quantitative estimate of drug-likeness (QED) is 0.708. The Morgan fingerprint density at radius 3 is 2.33 bits per heavy atom. The first-order valence-corrected chi connectivity index (χ1v) is 6.18. The van der Waals surface area contributed by atoms with Gasteiger partial charge < -0.3 is 9.80 Å². The summed E-state index contributed by atoms with van der Waals surface area (Å²) in [7, 11) is 0. The molecule has 1 aliphatic heterocycles. The predicted octanol–water partition coefficient (Wildman–Crippen LogP) is 1.73. The average molecular weight is 212 g/mol. The predicted molar refractivity (Wildman–Crippen MR) is 62.8 cm³/mol. The first-order chi connectivity index (χ1) is 7.19. The van der Waals surface area contributed by atoms with Crippen LogP contribution in [-0.2, 0) is 4.79 Å². The molecule has 0 saturated carbocycles. The summed E-state index contributed by atoms with van der Waals surface area (Å²) in [6.07, 6.45) is 3.52. The van der Waals surface area contributed by atoms with Crippen molar-refractivity contribution in [3.8, 4) is 0 Å². The number of amides is 1. The molecule has 0 bridgehead atoms. The summed E-state index contributed by atoms with van der Waals surface area (Å²) in [4.78, 5) is 15.9. The molecule has 15 heavy (non-hydrogen) atoms. The number of likely N-dealkylation sites (tertiary alicyclic amines) is 1. The minimum atomic E-state index is 0.228. The standard InChI is InChI=1S/C12H24N2O/c1-4-8-13-9-6-12(7-10-13)14(5-2)11(3)15/h12H,4-10H2,1-3H3. The second-order valence-electron chi connectivity index (χ2n) is 4.38. The van der Waals surface area contributed by atoms with Gasteiger partial charge in [-0.05, 0) is 32.7 Å². The van der Waals surface area contributed by atoms with E-state index in [1.807, 2.05) is 4.90 Å². The van der Waals surface area contributed by atoms with Crippen LogP contribution in [0, 0.1) is 0 Å². The number of carbonyl (C=O) groups excluding carboxylic acids is 1. The second kappa shape index (κ2) is 6.11. The highest BCUT2D eigenvalue weighted by atomic mass is 16.2. The molecule has 88 valence electrons. The van der Waals surface area contributed by atoms with E-state index in [0.29, 0.717) is 6.04 Å². The Morgan fingerprint density at radius 1 is 1.33 bits per heavy atom. The van der Waals surface area contributed by atoms with Gasteiger partial charge in [-0.15, -0.1) is 0 Å². The van der Waals surface area contributed by atoms with Gasteiger partial charge >= 0.3 is 0 Å². The van der Waals surface area contributed by atoms with Crippen LogP contribution in [0.3, 0.4) is 0 Å². The van der Waals surface area contributed by atoms with Crippen molar-refractivity contribution in [1.29, 1.82) is 0 Å². The summed E-state index contributed by atoms with van der Waals surface area (Å²) in [6.45, 7) is 10.3. The van der Waals surface area contributed by atoms with E-state index in [0.717, 1.165) is 32.5 Å². The van der Waals surface area contributed by atoms with Crippen molar-refractivity contribution in [3.05, 3.63) is 0 Å². The summed E-state index contributed by atoms with van der Waals surface area (Å²) >= 11 is 0. The van der Waals surface area contributed by atoms with Crippen LogP contribution in [0.4, 0.5) is 0 Å². The van der Waals surface area contributed by atoms with Crippen molar-refractivity contribution in [2.45, 2.75) is 46.1 Å². The number of carbonyl (C=O) groups is 1. The van der Waals surface area contributed by atoms with Crippen LogP contribution in [0.5, 0.6) is 0 Å². The van der Waals surface area contributed by atoms with Crippen LogP contribution in [0.25, 0.3) is 0 Å². The zero-order valence-electron chi connectivity index (χ0n) is 10.3. The van der Waals surface area contributed by atoms with Crippen LogP contribution in [0.2, 0.25) is 0 Å².